The van der Waals surface area contributed by atoms with Gasteiger partial charge in [-0.2, -0.15) is 0 Å². The summed E-state index contributed by atoms with van der Waals surface area (Å²) in [5, 5.41) is 2.63. The summed E-state index contributed by atoms with van der Waals surface area (Å²) in [6.45, 7) is 3.34. The van der Waals surface area contributed by atoms with Crippen molar-refractivity contribution in [2.45, 2.75) is 39.2 Å². The summed E-state index contributed by atoms with van der Waals surface area (Å²) in [6, 6.07) is 25.6. The lowest BCUT2D eigenvalue weighted by Gasteiger charge is -2.07. The van der Waals surface area contributed by atoms with Gasteiger partial charge in [-0.05, 0) is 42.8 Å². The molecule has 0 saturated carbocycles. The maximum Gasteiger partial charge on any atom is 0.0492 e. The van der Waals surface area contributed by atoms with Crippen LogP contribution in [0.1, 0.15) is 43.7 Å². The number of nitrogens with zero attached hydrogens (tertiary/aromatic N) is 1. The Labute approximate surface area is 161 Å². The van der Waals surface area contributed by atoms with Gasteiger partial charge in [0.15, 0.2) is 0 Å². The van der Waals surface area contributed by atoms with E-state index in [9.17, 15) is 0 Å². The summed E-state index contributed by atoms with van der Waals surface area (Å²) in [6.07, 6.45) is 5.12. The van der Waals surface area contributed by atoms with Gasteiger partial charge >= 0.3 is 0 Å². The molecule has 3 aromatic carbocycles. The lowest BCUT2D eigenvalue weighted by molar-refractivity contribution is 0.602. The summed E-state index contributed by atoms with van der Waals surface area (Å²) in [5.74, 6) is 6.60. The minimum atomic E-state index is 1.05. The number of para-hydroxylation sites is 1. The van der Waals surface area contributed by atoms with Crippen LogP contribution < -0.4 is 0 Å². The maximum atomic E-state index is 3.33. The zero-order chi connectivity index (χ0) is 18.5. The van der Waals surface area contributed by atoms with Crippen LogP contribution in [0.25, 0.3) is 21.8 Å². The van der Waals surface area contributed by atoms with E-state index in [0.717, 1.165) is 17.7 Å². The Morgan fingerprint density at radius 2 is 1.41 bits per heavy atom. The van der Waals surface area contributed by atoms with E-state index in [-0.39, 0.29) is 0 Å². The van der Waals surface area contributed by atoms with E-state index in [1.54, 1.807) is 0 Å². The van der Waals surface area contributed by atoms with Crippen molar-refractivity contribution >= 4 is 21.8 Å². The molecule has 0 atom stereocenters. The smallest absolute Gasteiger partial charge is 0.0492 e. The molecule has 1 heterocycles. The lowest BCUT2D eigenvalue weighted by Crippen LogP contribution is -1.97. The van der Waals surface area contributed by atoms with Gasteiger partial charge in [0.25, 0.3) is 0 Å². The largest absolute Gasteiger partial charge is 0.340 e. The Hall–Kier alpha value is -2.98. The van der Waals surface area contributed by atoms with Gasteiger partial charge in [0.05, 0.1) is 0 Å². The van der Waals surface area contributed by atoms with E-state index in [4.69, 9.17) is 0 Å². The summed E-state index contributed by atoms with van der Waals surface area (Å²) in [7, 11) is 0. The summed E-state index contributed by atoms with van der Waals surface area (Å²) >= 11 is 0. The zero-order valence-electron chi connectivity index (χ0n) is 15.9. The van der Waals surface area contributed by atoms with Gasteiger partial charge < -0.3 is 4.57 Å². The lowest BCUT2D eigenvalue weighted by atomic mass is 10.1. The first kappa shape index (κ1) is 17.4. The number of fused-ring (bicyclic) bond motifs is 3. The second kappa shape index (κ2) is 8.14. The zero-order valence-corrected chi connectivity index (χ0v) is 15.9. The van der Waals surface area contributed by atoms with Crippen LogP contribution in [-0.2, 0) is 6.54 Å². The number of benzene rings is 3. The number of aromatic nitrogens is 1. The molecule has 0 aliphatic heterocycles. The number of aryl methyl sites for hydroxylation is 1. The molecule has 134 valence electrons. The molecule has 0 fully saturated rings. The van der Waals surface area contributed by atoms with Gasteiger partial charge in [0.1, 0.15) is 0 Å². The van der Waals surface area contributed by atoms with Crippen LogP contribution in [0.15, 0.2) is 72.8 Å². The molecule has 0 amide bonds. The molecule has 1 heteroatoms. The van der Waals surface area contributed by atoms with Gasteiger partial charge in [0, 0.05) is 39.5 Å². The van der Waals surface area contributed by atoms with Crippen molar-refractivity contribution < 1.29 is 0 Å². The van der Waals surface area contributed by atoms with Crippen molar-refractivity contribution in [2.24, 2.45) is 0 Å². The van der Waals surface area contributed by atoms with Gasteiger partial charge in [-0.3, -0.25) is 0 Å². The van der Waals surface area contributed by atoms with Crippen molar-refractivity contribution in [3.63, 3.8) is 0 Å². The first-order valence-corrected chi connectivity index (χ1v) is 9.95. The number of hydrogen-bond donors (Lipinski definition) is 0. The highest BCUT2D eigenvalue weighted by Crippen LogP contribution is 2.30. The Bertz CT molecular complexity index is 1110. The fourth-order valence-electron chi connectivity index (χ4n) is 3.73. The van der Waals surface area contributed by atoms with E-state index < -0.39 is 0 Å². The van der Waals surface area contributed by atoms with Crippen LogP contribution in [0, 0.1) is 11.8 Å². The number of hydrogen-bond acceptors (Lipinski definition) is 0. The fraction of sp³-hybridized carbons (Fsp3) is 0.231. The standard InChI is InChI=1S/C26H25N/c1-2-3-4-10-19-27-25-14-9-8-13-23(25)24-20-22(17-18-26(24)27)16-15-21-11-6-5-7-12-21/h5-9,11-14,17-18,20H,2-4,10,19H2,1H3. The quantitative estimate of drug-likeness (QED) is 0.276. The Kier molecular flexibility index (Phi) is 5.26. The SMILES string of the molecule is CCCCCCn1c2ccccc2c2cc(C#Cc3ccccc3)ccc21. The molecule has 1 aromatic heterocycles. The molecule has 4 aromatic rings. The van der Waals surface area contributed by atoms with E-state index in [1.807, 2.05) is 30.3 Å². The number of unbranched alkanes of at least 4 members (excludes halogenated alkanes) is 3. The van der Waals surface area contributed by atoms with Crippen molar-refractivity contribution in [2.75, 3.05) is 0 Å². The van der Waals surface area contributed by atoms with Crippen molar-refractivity contribution in [3.8, 4) is 11.8 Å². The fourth-order valence-corrected chi connectivity index (χ4v) is 3.73. The third-order valence-electron chi connectivity index (χ3n) is 5.13. The van der Waals surface area contributed by atoms with Gasteiger partial charge in [0.2, 0.25) is 0 Å². The third-order valence-corrected chi connectivity index (χ3v) is 5.13. The highest BCUT2D eigenvalue weighted by atomic mass is 15.0. The molecule has 27 heavy (non-hydrogen) atoms. The minimum absolute atomic E-state index is 1.05. The summed E-state index contributed by atoms with van der Waals surface area (Å²) in [4.78, 5) is 0. The molecule has 0 aliphatic rings. The van der Waals surface area contributed by atoms with Crippen molar-refractivity contribution in [3.05, 3.63) is 83.9 Å². The third kappa shape index (κ3) is 3.76. The summed E-state index contributed by atoms with van der Waals surface area (Å²) < 4.78 is 2.48. The highest BCUT2D eigenvalue weighted by molar-refractivity contribution is 6.08. The molecular weight excluding hydrogens is 326 g/mol. The van der Waals surface area contributed by atoms with Gasteiger partial charge in [-0.15, -0.1) is 0 Å². The molecule has 1 nitrogen and oxygen atoms in total. The topological polar surface area (TPSA) is 4.93 Å². The van der Waals surface area contributed by atoms with Gasteiger partial charge in [-0.1, -0.05) is 74.4 Å². The minimum Gasteiger partial charge on any atom is -0.340 e. The van der Waals surface area contributed by atoms with Crippen LogP contribution >= 0.6 is 0 Å². The molecule has 0 unspecified atom stereocenters. The first-order valence-electron chi connectivity index (χ1n) is 9.95. The van der Waals surface area contributed by atoms with Crippen LogP contribution in [-0.4, -0.2) is 4.57 Å². The molecule has 0 N–H and O–H groups in total. The normalized spacial score (nSPS) is 10.9. The second-order valence-corrected chi connectivity index (χ2v) is 7.08. The molecule has 0 saturated heterocycles. The van der Waals surface area contributed by atoms with Crippen molar-refractivity contribution in [1.82, 2.24) is 4.57 Å². The highest BCUT2D eigenvalue weighted by Gasteiger charge is 2.10. The predicted octanol–water partition coefficient (Wildman–Crippen LogP) is 6.77. The predicted molar refractivity (Wildman–Crippen MR) is 116 cm³/mol. The van der Waals surface area contributed by atoms with E-state index in [0.29, 0.717) is 0 Å². The van der Waals surface area contributed by atoms with Crippen molar-refractivity contribution in [1.29, 1.82) is 0 Å². The van der Waals surface area contributed by atoms with Crippen LogP contribution in [0.2, 0.25) is 0 Å². The van der Waals surface area contributed by atoms with E-state index >= 15 is 0 Å². The Morgan fingerprint density at radius 1 is 0.667 bits per heavy atom. The van der Waals surface area contributed by atoms with Crippen LogP contribution in [0.3, 0.4) is 0 Å². The average Bonchev–Trinajstić information content (AvgIpc) is 3.04. The molecule has 0 radical (unpaired) electrons. The van der Waals surface area contributed by atoms with E-state index in [2.05, 4.69) is 65.8 Å². The van der Waals surface area contributed by atoms with Gasteiger partial charge in [-0.25, -0.2) is 0 Å². The molecule has 4 rings (SSSR count). The number of rotatable bonds is 5. The first-order chi connectivity index (χ1) is 13.4. The van der Waals surface area contributed by atoms with E-state index in [1.165, 1.54) is 47.5 Å². The molecule has 0 bridgehead atoms. The Morgan fingerprint density at radius 3 is 2.26 bits per heavy atom. The second-order valence-electron chi connectivity index (χ2n) is 7.08. The Balaban J connectivity index is 1.73. The molecular formula is C26H25N. The van der Waals surface area contributed by atoms with Crippen LogP contribution in [0.5, 0.6) is 0 Å². The average molecular weight is 351 g/mol. The summed E-state index contributed by atoms with van der Waals surface area (Å²) in [5.41, 5.74) is 4.77. The maximum absolute atomic E-state index is 3.33. The molecule has 0 aliphatic carbocycles. The monoisotopic (exact) mass is 351 g/mol. The molecule has 0 spiro atoms. The van der Waals surface area contributed by atoms with Crippen LogP contribution in [0.4, 0.5) is 0 Å².